The molecule has 11 heteroatoms. The third-order valence-corrected chi connectivity index (χ3v) is 9.06. The first-order chi connectivity index (χ1) is 23.4. The van der Waals surface area contributed by atoms with Crippen molar-refractivity contribution >= 4 is 33.5 Å². The van der Waals surface area contributed by atoms with Gasteiger partial charge in [-0.2, -0.15) is 5.26 Å². The molecule has 1 aliphatic heterocycles. The fraction of sp³-hybridized carbons (Fsp3) is 0.270. The highest BCUT2D eigenvalue weighted by Crippen LogP contribution is 2.37. The molecule has 1 saturated heterocycles. The Kier molecular flexibility index (Phi) is 8.45. The van der Waals surface area contributed by atoms with Crippen LogP contribution in [0, 0.1) is 25.2 Å². The van der Waals surface area contributed by atoms with Gasteiger partial charge in [-0.05, 0) is 72.4 Å². The molecule has 1 fully saturated rings. The van der Waals surface area contributed by atoms with Crippen LogP contribution in [0.1, 0.15) is 28.7 Å². The maximum absolute atomic E-state index is 9.91. The zero-order valence-electron chi connectivity index (χ0n) is 27.1. The molecule has 242 valence electrons. The van der Waals surface area contributed by atoms with Gasteiger partial charge < -0.3 is 24.5 Å². The highest BCUT2D eigenvalue weighted by molar-refractivity contribution is 5.91. The zero-order valence-corrected chi connectivity index (χ0v) is 27.1. The summed E-state index contributed by atoms with van der Waals surface area (Å²) in [6.45, 7) is 6.65. The van der Waals surface area contributed by atoms with Gasteiger partial charge in [0.1, 0.15) is 17.1 Å². The molecule has 0 spiro atoms. The van der Waals surface area contributed by atoms with E-state index in [0.29, 0.717) is 40.4 Å². The molecule has 0 aliphatic carbocycles. The monoisotopic (exact) mass is 640 g/mol. The molecule has 0 bridgehead atoms. The van der Waals surface area contributed by atoms with Crippen molar-refractivity contribution in [1.29, 1.82) is 5.26 Å². The predicted molar refractivity (Wildman–Crippen MR) is 184 cm³/mol. The van der Waals surface area contributed by atoms with Gasteiger partial charge in [0.05, 0.1) is 12.7 Å². The number of aliphatic hydroxyl groups excluding tert-OH is 2. The van der Waals surface area contributed by atoms with Crippen molar-refractivity contribution in [1.82, 2.24) is 24.4 Å². The number of aliphatic hydroxyl groups is 2. The van der Waals surface area contributed by atoms with Crippen LogP contribution in [-0.4, -0.2) is 67.5 Å². The molecule has 1 atom stereocenters. The first-order valence-electron chi connectivity index (χ1n) is 16.0. The lowest BCUT2D eigenvalue weighted by Crippen LogP contribution is -2.23. The number of pyridine rings is 3. The maximum Gasteiger partial charge on any atom is 0.227 e. The van der Waals surface area contributed by atoms with Crippen molar-refractivity contribution in [2.45, 2.75) is 39.5 Å². The van der Waals surface area contributed by atoms with E-state index in [4.69, 9.17) is 14.4 Å². The van der Waals surface area contributed by atoms with Crippen LogP contribution in [0.15, 0.2) is 76.5 Å². The number of nitriles is 1. The van der Waals surface area contributed by atoms with Crippen LogP contribution in [0.2, 0.25) is 0 Å². The van der Waals surface area contributed by atoms with Crippen LogP contribution in [0.5, 0.6) is 0 Å². The quantitative estimate of drug-likeness (QED) is 0.203. The SMILES string of the molecule is CN=c1c2nc(-c3cccc(-c4cccc(Nc5nccc6cc(CN7CC[C@@H](O)C7)cnc56)c4C)c3C)oc2c(C#N)cn1CCO. The molecule has 5 heterocycles. The average molecular weight is 641 g/mol. The number of likely N-dealkylation sites (tertiary alicyclic amines) is 1. The molecule has 11 nitrogen and oxygen atoms in total. The number of hydrogen-bond acceptors (Lipinski definition) is 10. The fourth-order valence-electron chi connectivity index (χ4n) is 6.62. The second kappa shape index (κ2) is 13.0. The molecule has 2 aromatic carbocycles. The number of fused-ring (bicyclic) bond motifs is 2. The lowest BCUT2D eigenvalue weighted by molar-refractivity contribution is 0.175. The van der Waals surface area contributed by atoms with Gasteiger partial charge in [0, 0.05) is 68.5 Å². The number of oxazole rings is 1. The zero-order chi connectivity index (χ0) is 33.4. The van der Waals surface area contributed by atoms with Crippen molar-refractivity contribution in [2.24, 2.45) is 4.99 Å². The highest BCUT2D eigenvalue weighted by atomic mass is 16.3. The lowest BCUT2D eigenvalue weighted by Gasteiger charge is -2.17. The molecule has 0 amide bonds. The number of aromatic nitrogens is 4. The standard InChI is InChI=1S/C37H36N8O3/c1-22-28(6-4-8-30(22)37-43-33-34(48-37)26(17-38)20-45(14-15-46)36(33)39-3)29-7-5-9-31(23(29)2)42-35-32-25(10-12-40-35)16-24(18-41-32)19-44-13-11-27(47)21-44/h4-10,12,16,18,20,27,46-47H,11,13-15,19,21H2,1-3H3,(H,40,42)/t27-/m1/s1. The molecule has 48 heavy (non-hydrogen) atoms. The second-order valence-electron chi connectivity index (χ2n) is 12.1. The molecule has 3 N–H and O–H groups in total. The third kappa shape index (κ3) is 5.71. The van der Waals surface area contributed by atoms with E-state index in [1.807, 2.05) is 43.5 Å². The molecule has 4 aromatic heterocycles. The summed E-state index contributed by atoms with van der Waals surface area (Å²) in [5.74, 6) is 1.07. The van der Waals surface area contributed by atoms with E-state index in [2.05, 4.69) is 51.4 Å². The lowest BCUT2D eigenvalue weighted by atomic mass is 9.93. The van der Waals surface area contributed by atoms with Gasteiger partial charge in [0.25, 0.3) is 0 Å². The van der Waals surface area contributed by atoms with Crippen molar-refractivity contribution < 1.29 is 14.6 Å². The van der Waals surface area contributed by atoms with E-state index in [1.165, 1.54) is 0 Å². The second-order valence-corrected chi connectivity index (χ2v) is 12.1. The molecule has 0 radical (unpaired) electrons. The number of anilines is 2. The van der Waals surface area contributed by atoms with Crippen molar-refractivity contribution in [3.05, 3.63) is 94.9 Å². The summed E-state index contributed by atoms with van der Waals surface area (Å²) in [7, 11) is 1.65. The summed E-state index contributed by atoms with van der Waals surface area (Å²) >= 11 is 0. The molecule has 1 aliphatic rings. The Morgan fingerprint density at radius 3 is 2.60 bits per heavy atom. The summed E-state index contributed by atoms with van der Waals surface area (Å²) in [6, 6.07) is 18.5. The minimum absolute atomic E-state index is 0.0952. The fourth-order valence-corrected chi connectivity index (χ4v) is 6.62. The molecule has 7 rings (SSSR count). The molecular formula is C37H36N8O3. The smallest absolute Gasteiger partial charge is 0.227 e. The minimum atomic E-state index is -0.251. The third-order valence-electron chi connectivity index (χ3n) is 9.06. The Morgan fingerprint density at radius 1 is 1.06 bits per heavy atom. The van der Waals surface area contributed by atoms with Crippen LogP contribution in [0.4, 0.5) is 11.5 Å². The molecule has 0 saturated carbocycles. The Balaban J connectivity index is 1.23. The van der Waals surface area contributed by atoms with E-state index < -0.39 is 0 Å². The number of nitrogens with zero attached hydrogens (tertiary/aromatic N) is 7. The highest BCUT2D eigenvalue weighted by Gasteiger charge is 2.21. The van der Waals surface area contributed by atoms with Gasteiger partial charge in [-0.15, -0.1) is 0 Å². The van der Waals surface area contributed by atoms with Crippen LogP contribution in [0.25, 0.3) is 44.6 Å². The molecule has 0 unspecified atom stereocenters. The van der Waals surface area contributed by atoms with Gasteiger partial charge >= 0.3 is 0 Å². The molecule has 6 aromatic rings. The normalized spacial score (nSPS) is 15.4. The number of rotatable bonds is 8. The number of β-amino-alcohol motifs (C(OH)–C–C–N with tert-alkyl or cyclic N) is 1. The van der Waals surface area contributed by atoms with Crippen LogP contribution >= 0.6 is 0 Å². The Hall–Kier alpha value is -5.41. The van der Waals surface area contributed by atoms with Gasteiger partial charge in [-0.1, -0.05) is 24.3 Å². The Bertz CT molecular complexity index is 2280. The van der Waals surface area contributed by atoms with E-state index in [-0.39, 0.29) is 19.3 Å². The number of nitrogens with one attached hydrogen (secondary N) is 1. The number of hydrogen-bond donors (Lipinski definition) is 3. The number of benzene rings is 2. The Labute approximate surface area is 277 Å². The van der Waals surface area contributed by atoms with Crippen molar-refractivity contribution in [3.63, 3.8) is 0 Å². The summed E-state index contributed by atoms with van der Waals surface area (Å²) < 4.78 is 7.96. The van der Waals surface area contributed by atoms with E-state index in [9.17, 15) is 15.5 Å². The van der Waals surface area contributed by atoms with E-state index in [1.54, 1.807) is 24.0 Å². The maximum atomic E-state index is 9.91. The van der Waals surface area contributed by atoms with Gasteiger partial charge in [0.2, 0.25) is 5.89 Å². The van der Waals surface area contributed by atoms with Crippen molar-refractivity contribution in [2.75, 3.05) is 32.1 Å². The molecular weight excluding hydrogens is 604 g/mol. The first kappa shape index (κ1) is 31.2. The summed E-state index contributed by atoms with van der Waals surface area (Å²) in [5.41, 5.74) is 9.41. The van der Waals surface area contributed by atoms with Crippen LogP contribution < -0.4 is 10.8 Å². The first-order valence-corrected chi connectivity index (χ1v) is 16.0. The summed E-state index contributed by atoms with van der Waals surface area (Å²) in [4.78, 5) is 20.9. The van der Waals surface area contributed by atoms with Gasteiger partial charge in [-0.25, -0.2) is 9.97 Å². The van der Waals surface area contributed by atoms with Gasteiger partial charge in [0.15, 0.2) is 22.4 Å². The topological polar surface area (TPSA) is 149 Å². The average Bonchev–Trinajstić information content (AvgIpc) is 3.72. The Morgan fingerprint density at radius 2 is 1.85 bits per heavy atom. The van der Waals surface area contributed by atoms with Crippen molar-refractivity contribution in [3.8, 4) is 28.7 Å². The van der Waals surface area contributed by atoms with E-state index >= 15 is 0 Å². The predicted octanol–water partition coefficient (Wildman–Crippen LogP) is 5.23. The van der Waals surface area contributed by atoms with Crippen LogP contribution in [0.3, 0.4) is 0 Å². The summed E-state index contributed by atoms with van der Waals surface area (Å²) in [6.07, 6.45) is 5.89. The largest absolute Gasteiger partial charge is 0.434 e. The summed E-state index contributed by atoms with van der Waals surface area (Å²) in [5, 5.41) is 33.8. The van der Waals surface area contributed by atoms with Gasteiger partial charge in [-0.3, -0.25) is 14.9 Å². The van der Waals surface area contributed by atoms with Crippen LogP contribution in [-0.2, 0) is 13.1 Å². The van der Waals surface area contributed by atoms with E-state index in [0.717, 1.165) is 69.5 Å². The minimum Gasteiger partial charge on any atom is -0.434 e.